The van der Waals surface area contributed by atoms with Crippen LogP contribution in [0.15, 0.2) is 29.2 Å². The van der Waals surface area contributed by atoms with E-state index in [0.717, 1.165) is 12.8 Å². The molecule has 0 aliphatic carbocycles. The first-order chi connectivity index (χ1) is 11.0. The molecule has 2 unspecified atom stereocenters. The lowest BCUT2D eigenvalue weighted by atomic mass is 9.94. The number of benzene rings is 1. The molecule has 1 aromatic carbocycles. The second-order valence-electron chi connectivity index (χ2n) is 5.95. The molecule has 2 rings (SSSR count). The summed E-state index contributed by atoms with van der Waals surface area (Å²) in [6.07, 6.45) is 1.68. The van der Waals surface area contributed by atoms with Crippen molar-refractivity contribution in [3.05, 3.63) is 24.3 Å². The molecule has 0 aromatic heterocycles. The van der Waals surface area contributed by atoms with E-state index in [4.69, 9.17) is 15.2 Å². The standard InChI is InChI=1S/C16H26N2O4S/c1-13-7-8-18(14(11-13)12-17)23(19,20)16-5-3-15(4-6-16)22-10-9-21-2/h3-6,13-14H,7-12,17H2,1-2H3. The topological polar surface area (TPSA) is 81.9 Å². The van der Waals surface area contributed by atoms with E-state index in [1.54, 1.807) is 35.7 Å². The van der Waals surface area contributed by atoms with Crippen LogP contribution in [0.25, 0.3) is 0 Å². The smallest absolute Gasteiger partial charge is 0.243 e. The molecular weight excluding hydrogens is 316 g/mol. The van der Waals surface area contributed by atoms with Gasteiger partial charge in [-0.05, 0) is 43.0 Å². The van der Waals surface area contributed by atoms with Gasteiger partial charge in [-0.1, -0.05) is 6.92 Å². The Morgan fingerprint density at radius 1 is 1.26 bits per heavy atom. The zero-order valence-electron chi connectivity index (χ0n) is 13.8. The average molecular weight is 342 g/mol. The second kappa shape index (κ2) is 8.10. The van der Waals surface area contributed by atoms with E-state index in [9.17, 15) is 8.42 Å². The van der Waals surface area contributed by atoms with Crippen molar-refractivity contribution in [2.75, 3.05) is 33.4 Å². The van der Waals surface area contributed by atoms with Crippen molar-refractivity contribution in [3.63, 3.8) is 0 Å². The summed E-state index contributed by atoms with van der Waals surface area (Å²) in [4.78, 5) is 0.282. The molecule has 23 heavy (non-hydrogen) atoms. The Kier molecular flexibility index (Phi) is 6.41. The van der Waals surface area contributed by atoms with Gasteiger partial charge in [0, 0.05) is 26.2 Å². The highest BCUT2D eigenvalue weighted by molar-refractivity contribution is 7.89. The van der Waals surface area contributed by atoms with Gasteiger partial charge in [-0.2, -0.15) is 4.31 Å². The molecule has 1 saturated heterocycles. The molecule has 0 radical (unpaired) electrons. The molecule has 1 aliphatic heterocycles. The fraction of sp³-hybridized carbons (Fsp3) is 0.625. The minimum atomic E-state index is -3.52. The summed E-state index contributed by atoms with van der Waals surface area (Å²) in [5, 5.41) is 0. The van der Waals surface area contributed by atoms with Crippen LogP contribution < -0.4 is 10.5 Å². The van der Waals surface area contributed by atoms with Crippen molar-refractivity contribution in [1.82, 2.24) is 4.31 Å². The van der Waals surface area contributed by atoms with Crippen LogP contribution >= 0.6 is 0 Å². The quantitative estimate of drug-likeness (QED) is 0.759. The minimum absolute atomic E-state index is 0.124. The molecule has 1 aromatic rings. The molecule has 1 heterocycles. The van der Waals surface area contributed by atoms with E-state index >= 15 is 0 Å². The van der Waals surface area contributed by atoms with Crippen LogP contribution in [-0.2, 0) is 14.8 Å². The van der Waals surface area contributed by atoms with Crippen molar-refractivity contribution >= 4 is 10.0 Å². The Labute approximate surface area is 138 Å². The van der Waals surface area contributed by atoms with Gasteiger partial charge >= 0.3 is 0 Å². The third-order valence-corrected chi connectivity index (χ3v) is 6.15. The van der Waals surface area contributed by atoms with Gasteiger partial charge in [-0.25, -0.2) is 8.42 Å². The Hall–Kier alpha value is -1.15. The fourth-order valence-corrected chi connectivity index (χ4v) is 4.51. The molecule has 0 spiro atoms. The maximum Gasteiger partial charge on any atom is 0.243 e. The van der Waals surface area contributed by atoms with Crippen LogP contribution in [0.1, 0.15) is 19.8 Å². The Bertz CT molecular complexity index is 589. The van der Waals surface area contributed by atoms with E-state index in [2.05, 4.69) is 6.92 Å². The summed E-state index contributed by atoms with van der Waals surface area (Å²) >= 11 is 0. The van der Waals surface area contributed by atoms with E-state index in [-0.39, 0.29) is 10.9 Å². The highest BCUT2D eigenvalue weighted by atomic mass is 32.2. The molecule has 1 aliphatic rings. The summed E-state index contributed by atoms with van der Waals surface area (Å²) in [7, 11) is -1.91. The highest BCUT2D eigenvalue weighted by Crippen LogP contribution is 2.28. The van der Waals surface area contributed by atoms with Crippen molar-refractivity contribution in [1.29, 1.82) is 0 Å². The normalized spacial score (nSPS) is 22.9. The zero-order chi connectivity index (χ0) is 16.9. The lowest BCUT2D eigenvalue weighted by Crippen LogP contribution is -2.49. The largest absolute Gasteiger partial charge is 0.491 e. The Morgan fingerprint density at radius 3 is 2.57 bits per heavy atom. The van der Waals surface area contributed by atoms with E-state index in [1.165, 1.54) is 0 Å². The number of ether oxygens (including phenoxy) is 2. The minimum Gasteiger partial charge on any atom is -0.491 e. The van der Waals surface area contributed by atoms with Crippen LogP contribution in [0.4, 0.5) is 0 Å². The van der Waals surface area contributed by atoms with E-state index in [1.807, 2.05) is 0 Å². The summed E-state index contributed by atoms with van der Waals surface area (Å²) in [6, 6.07) is 6.40. The van der Waals surface area contributed by atoms with Crippen molar-refractivity contribution in [2.45, 2.75) is 30.7 Å². The van der Waals surface area contributed by atoms with Gasteiger partial charge in [-0.3, -0.25) is 0 Å². The number of nitrogens with two attached hydrogens (primary N) is 1. The van der Waals surface area contributed by atoms with Gasteiger partial charge in [-0.15, -0.1) is 0 Å². The van der Waals surface area contributed by atoms with Crippen LogP contribution in [0, 0.1) is 5.92 Å². The third kappa shape index (κ3) is 4.44. The van der Waals surface area contributed by atoms with E-state index in [0.29, 0.717) is 38.0 Å². The van der Waals surface area contributed by atoms with Gasteiger partial charge in [0.25, 0.3) is 0 Å². The van der Waals surface area contributed by atoms with Crippen LogP contribution in [0.3, 0.4) is 0 Å². The van der Waals surface area contributed by atoms with Gasteiger partial charge in [0.2, 0.25) is 10.0 Å². The SMILES string of the molecule is COCCOc1ccc(S(=O)(=O)N2CCC(C)CC2CN)cc1. The lowest BCUT2D eigenvalue weighted by Gasteiger charge is -2.36. The average Bonchev–Trinajstić information content (AvgIpc) is 2.55. The van der Waals surface area contributed by atoms with Gasteiger partial charge in [0.15, 0.2) is 0 Å². The Balaban J connectivity index is 2.12. The van der Waals surface area contributed by atoms with Crippen LogP contribution in [0.2, 0.25) is 0 Å². The molecule has 130 valence electrons. The molecule has 7 heteroatoms. The maximum atomic E-state index is 12.8. The van der Waals surface area contributed by atoms with Crippen molar-refractivity contribution in [3.8, 4) is 5.75 Å². The first kappa shape index (κ1) is 18.2. The molecule has 2 N–H and O–H groups in total. The number of methoxy groups -OCH3 is 1. The first-order valence-electron chi connectivity index (χ1n) is 7.92. The fourth-order valence-electron chi connectivity index (χ4n) is 2.85. The molecule has 1 fully saturated rings. The van der Waals surface area contributed by atoms with Crippen LogP contribution in [-0.4, -0.2) is 52.2 Å². The predicted molar refractivity (Wildman–Crippen MR) is 88.9 cm³/mol. The number of rotatable bonds is 7. The molecule has 6 nitrogen and oxygen atoms in total. The number of hydrogen-bond acceptors (Lipinski definition) is 5. The van der Waals surface area contributed by atoms with Gasteiger partial charge in [0.05, 0.1) is 11.5 Å². The number of hydrogen-bond donors (Lipinski definition) is 1. The monoisotopic (exact) mass is 342 g/mol. The molecule has 0 bridgehead atoms. The predicted octanol–water partition coefficient (Wildman–Crippen LogP) is 1.46. The molecule has 2 atom stereocenters. The molecule has 0 saturated carbocycles. The third-order valence-electron chi connectivity index (χ3n) is 4.18. The molecular formula is C16H26N2O4S. The molecule has 0 amide bonds. The second-order valence-corrected chi connectivity index (χ2v) is 7.84. The number of nitrogens with zero attached hydrogens (tertiary/aromatic N) is 1. The first-order valence-corrected chi connectivity index (χ1v) is 9.36. The van der Waals surface area contributed by atoms with Crippen molar-refractivity contribution < 1.29 is 17.9 Å². The lowest BCUT2D eigenvalue weighted by molar-refractivity contribution is 0.146. The van der Waals surface area contributed by atoms with E-state index < -0.39 is 10.0 Å². The summed E-state index contributed by atoms with van der Waals surface area (Å²) in [5.41, 5.74) is 5.78. The number of piperidine rings is 1. The van der Waals surface area contributed by atoms with Gasteiger partial charge < -0.3 is 15.2 Å². The summed E-state index contributed by atoms with van der Waals surface area (Å²) in [5.74, 6) is 1.13. The highest BCUT2D eigenvalue weighted by Gasteiger charge is 2.34. The van der Waals surface area contributed by atoms with Gasteiger partial charge in [0.1, 0.15) is 12.4 Å². The zero-order valence-corrected chi connectivity index (χ0v) is 14.6. The maximum absolute atomic E-state index is 12.8. The summed E-state index contributed by atoms with van der Waals surface area (Å²) < 4.78 is 37.6. The van der Waals surface area contributed by atoms with Crippen LogP contribution in [0.5, 0.6) is 5.75 Å². The number of sulfonamides is 1. The summed E-state index contributed by atoms with van der Waals surface area (Å²) in [6.45, 7) is 3.93. The Morgan fingerprint density at radius 2 is 1.96 bits per heavy atom. The van der Waals surface area contributed by atoms with Crippen molar-refractivity contribution in [2.24, 2.45) is 11.7 Å².